The molecular formula is C25H31N5O2. The maximum Gasteiger partial charge on any atom is 0.254 e. The number of para-hydroxylation sites is 1. The number of nitrogens with zero attached hydrogens (tertiary/aromatic N) is 5. The summed E-state index contributed by atoms with van der Waals surface area (Å²) in [5.41, 5.74) is 3.52. The summed E-state index contributed by atoms with van der Waals surface area (Å²) in [6.07, 6.45) is 0. The number of carbonyl (C=O) groups excluding carboxylic acids is 2. The van der Waals surface area contributed by atoms with Crippen molar-refractivity contribution in [3.05, 3.63) is 59.9 Å². The molecular weight excluding hydrogens is 402 g/mol. The number of imidazole rings is 1. The predicted octanol–water partition coefficient (Wildman–Crippen LogP) is 2.96. The molecule has 0 unspecified atom stereocenters. The van der Waals surface area contributed by atoms with E-state index in [2.05, 4.69) is 21.6 Å². The highest BCUT2D eigenvalue weighted by molar-refractivity contribution is 5.97. The van der Waals surface area contributed by atoms with E-state index in [1.807, 2.05) is 67.0 Å². The van der Waals surface area contributed by atoms with Crippen molar-refractivity contribution < 1.29 is 9.59 Å². The first kappa shape index (κ1) is 22.0. The van der Waals surface area contributed by atoms with Gasteiger partial charge in [0.05, 0.1) is 17.6 Å². The van der Waals surface area contributed by atoms with E-state index >= 15 is 0 Å². The number of likely N-dealkylation sites (N-methyl/N-ethyl adjacent to an activating group) is 1. The quantitative estimate of drug-likeness (QED) is 0.600. The molecule has 1 aromatic heterocycles. The van der Waals surface area contributed by atoms with Gasteiger partial charge in [0.2, 0.25) is 5.91 Å². The average Bonchev–Trinajstić information content (AvgIpc) is 3.15. The maximum atomic E-state index is 13.1. The van der Waals surface area contributed by atoms with E-state index in [-0.39, 0.29) is 11.8 Å². The lowest BCUT2D eigenvalue weighted by Gasteiger charge is -2.35. The molecule has 1 saturated heterocycles. The molecule has 0 radical (unpaired) electrons. The number of amides is 2. The fourth-order valence-corrected chi connectivity index (χ4v) is 4.40. The lowest BCUT2D eigenvalue weighted by molar-refractivity contribution is -0.132. The third-order valence-electron chi connectivity index (χ3n) is 6.22. The number of hydrogen-bond donors (Lipinski definition) is 0. The highest BCUT2D eigenvalue weighted by Gasteiger charge is 2.25. The number of carbonyl (C=O) groups is 2. The molecule has 2 amide bonds. The fourth-order valence-electron chi connectivity index (χ4n) is 4.40. The summed E-state index contributed by atoms with van der Waals surface area (Å²) in [4.78, 5) is 36.1. The molecule has 32 heavy (non-hydrogen) atoms. The van der Waals surface area contributed by atoms with Crippen molar-refractivity contribution in [1.82, 2.24) is 24.3 Å². The molecule has 0 saturated carbocycles. The highest BCUT2D eigenvalue weighted by atomic mass is 16.2. The second-order valence-electron chi connectivity index (χ2n) is 8.17. The van der Waals surface area contributed by atoms with Gasteiger partial charge in [-0.1, -0.05) is 18.2 Å². The Morgan fingerprint density at radius 1 is 0.969 bits per heavy atom. The molecule has 7 heteroatoms. The minimum atomic E-state index is 0.0218. The van der Waals surface area contributed by atoms with Crippen molar-refractivity contribution >= 4 is 22.8 Å². The summed E-state index contributed by atoms with van der Waals surface area (Å²) < 4.78 is 2.11. The molecule has 2 aromatic carbocycles. The summed E-state index contributed by atoms with van der Waals surface area (Å²) in [5.74, 6) is 1.07. The average molecular weight is 434 g/mol. The zero-order chi connectivity index (χ0) is 22.7. The van der Waals surface area contributed by atoms with E-state index < -0.39 is 0 Å². The molecule has 168 valence electrons. The topological polar surface area (TPSA) is 61.7 Å². The van der Waals surface area contributed by atoms with Crippen LogP contribution in [0.3, 0.4) is 0 Å². The van der Waals surface area contributed by atoms with Crippen LogP contribution in [0, 0.1) is 6.92 Å². The molecule has 1 aliphatic heterocycles. The van der Waals surface area contributed by atoms with Crippen molar-refractivity contribution in [3.63, 3.8) is 0 Å². The van der Waals surface area contributed by atoms with Gasteiger partial charge in [0.25, 0.3) is 5.91 Å². The Bertz CT molecular complexity index is 1100. The predicted molar refractivity (Wildman–Crippen MR) is 126 cm³/mol. The van der Waals surface area contributed by atoms with Crippen LogP contribution in [0.5, 0.6) is 0 Å². The molecule has 2 heterocycles. The first-order valence-electron chi connectivity index (χ1n) is 11.4. The summed E-state index contributed by atoms with van der Waals surface area (Å²) in [6, 6.07) is 15.9. The maximum absolute atomic E-state index is 13.1. The van der Waals surface area contributed by atoms with Crippen LogP contribution in [-0.2, 0) is 4.79 Å². The number of aromatic nitrogens is 2. The van der Waals surface area contributed by atoms with Crippen molar-refractivity contribution in [2.75, 3.05) is 45.8 Å². The van der Waals surface area contributed by atoms with E-state index in [4.69, 9.17) is 4.98 Å². The van der Waals surface area contributed by atoms with E-state index in [0.717, 1.165) is 35.6 Å². The van der Waals surface area contributed by atoms with Crippen LogP contribution in [0.1, 0.15) is 30.0 Å². The van der Waals surface area contributed by atoms with Gasteiger partial charge in [0.15, 0.2) is 0 Å². The normalized spacial score (nSPS) is 14.7. The fraction of sp³-hybridized carbons (Fsp3) is 0.400. The summed E-state index contributed by atoms with van der Waals surface area (Å²) in [7, 11) is 0. The largest absolute Gasteiger partial charge is 0.342 e. The monoisotopic (exact) mass is 433 g/mol. The van der Waals surface area contributed by atoms with Gasteiger partial charge < -0.3 is 9.80 Å². The van der Waals surface area contributed by atoms with Crippen LogP contribution in [0.2, 0.25) is 0 Å². The molecule has 4 rings (SSSR count). The summed E-state index contributed by atoms with van der Waals surface area (Å²) in [6.45, 7) is 10.5. The number of fused-ring (bicyclic) bond motifs is 1. The van der Waals surface area contributed by atoms with Crippen LogP contribution < -0.4 is 0 Å². The van der Waals surface area contributed by atoms with Crippen LogP contribution in [0.25, 0.3) is 16.7 Å². The number of benzene rings is 2. The zero-order valence-corrected chi connectivity index (χ0v) is 19.1. The van der Waals surface area contributed by atoms with Gasteiger partial charge in [0.1, 0.15) is 5.82 Å². The standard InChI is InChI=1S/C25H31N5O2/c1-4-28(5-2)24(31)18-27-13-15-29(16-14-27)25(32)20-11-12-23-22(17-20)26-19(3)30(23)21-9-7-6-8-10-21/h6-12,17H,4-5,13-16,18H2,1-3H3. The van der Waals surface area contributed by atoms with Gasteiger partial charge in [-0.25, -0.2) is 4.98 Å². The minimum absolute atomic E-state index is 0.0218. The SMILES string of the molecule is CCN(CC)C(=O)CN1CCN(C(=O)c2ccc3c(c2)nc(C)n3-c2ccccc2)CC1. The third-order valence-corrected chi connectivity index (χ3v) is 6.22. The van der Waals surface area contributed by atoms with Crippen molar-refractivity contribution in [2.45, 2.75) is 20.8 Å². The zero-order valence-electron chi connectivity index (χ0n) is 19.1. The lowest BCUT2D eigenvalue weighted by atomic mass is 10.1. The van der Waals surface area contributed by atoms with E-state index in [1.165, 1.54) is 0 Å². The van der Waals surface area contributed by atoms with Crippen molar-refractivity contribution in [2.24, 2.45) is 0 Å². The molecule has 7 nitrogen and oxygen atoms in total. The van der Waals surface area contributed by atoms with Crippen LogP contribution in [0.15, 0.2) is 48.5 Å². The van der Waals surface area contributed by atoms with Gasteiger partial charge in [-0.2, -0.15) is 0 Å². The minimum Gasteiger partial charge on any atom is -0.342 e. The lowest BCUT2D eigenvalue weighted by Crippen LogP contribution is -2.51. The molecule has 0 atom stereocenters. The Morgan fingerprint density at radius 2 is 1.66 bits per heavy atom. The third kappa shape index (κ3) is 4.39. The van der Waals surface area contributed by atoms with Crippen LogP contribution >= 0.6 is 0 Å². The number of piperazine rings is 1. The molecule has 0 spiro atoms. The molecule has 3 aromatic rings. The molecule has 1 aliphatic rings. The van der Waals surface area contributed by atoms with Crippen LogP contribution in [0.4, 0.5) is 0 Å². The van der Waals surface area contributed by atoms with Gasteiger partial charge in [-0.05, 0) is 51.1 Å². The van der Waals surface area contributed by atoms with E-state index in [9.17, 15) is 9.59 Å². The van der Waals surface area contributed by atoms with Gasteiger partial charge in [-0.3, -0.25) is 19.1 Å². The van der Waals surface area contributed by atoms with Gasteiger partial charge >= 0.3 is 0 Å². The summed E-state index contributed by atoms with van der Waals surface area (Å²) >= 11 is 0. The highest BCUT2D eigenvalue weighted by Crippen LogP contribution is 2.23. The van der Waals surface area contributed by atoms with Crippen molar-refractivity contribution in [3.8, 4) is 5.69 Å². The Balaban J connectivity index is 1.44. The Morgan fingerprint density at radius 3 is 2.31 bits per heavy atom. The van der Waals surface area contributed by atoms with E-state index in [1.54, 1.807) is 0 Å². The molecule has 0 bridgehead atoms. The number of aryl methyl sites for hydroxylation is 1. The Hall–Kier alpha value is -3.19. The second-order valence-corrected chi connectivity index (χ2v) is 8.17. The molecule has 1 fully saturated rings. The van der Waals surface area contributed by atoms with E-state index in [0.29, 0.717) is 38.3 Å². The Labute approximate surface area is 189 Å². The first-order chi connectivity index (χ1) is 15.5. The molecule has 0 N–H and O–H groups in total. The first-order valence-corrected chi connectivity index (χ1v) is 11.4. The van der Waals surface area contributed by atoms with Crippen molar-refractivity contribution in [1.29, 1.82) is 0 Å². The second kappa shape index (κ2) is 9.53. The van der Waals surface area contributed by atoms with Crippen LogP contribution in [-0.4, -0.2) is 81.9 Å². The van der Waals surface area contributed by atoms with Gasteiger partial charge in [0, 0.05) is 50.5 Å². The smallest absolute Gasteiger partial charge is 0.254 e. The Kier molecular flexibility index (Phi) is 6.55. The van der Waals surface area contributed by atoms with Gasteiger partial charge in [-0.15, -0.1) is 0 Å². The number of rotatable bonds is 6. The number of hydrogen-bond acceptors (Lipinski definition) is 4. The molecule has 0 aliphatic carbocycles. The summed E-state index contributed by atoms with van der Waals surface area (Å²) in [5, 5.41) is 0.